The van der Waals surface area contributed by atoms with Gasteiger partial charge in [0.2, 0.25) is 0 Å². The van der Waals surface area contributed by atoms with Crippen LogP contribution in [0.4, 0.5) is 5.69 Å². The van der Waals surface area contributed by atoms with E-state index in [1.54, 1.807) is 24.3 Å². The van der Waals surface area contributed by atoms with E-state index < -0.39 is 5.91 Å². The number of carbonyl (C=O) groups is 4. The molecule has 0 radical (unpaired) electrons. The number of benzene rings is 2. The van der Waals surface area contributed by atoms with Crippen molar-refractivity contribution in [1.82, 2.24) is 10.2 Å². The molecule has 2 aliphatic rings. The van der Waals surface area contributed by atoms with Gasteiger partial charge >= 0.3 is 0 Å². The van der Waals surface area contributed by atoms with Gasteiger partial charge in [0.05, 0.1) is 22.4 Å². The third-order valence-corrected chi connectivity index (χ3v) is 5.77. The number of nitrogens with zero attached hydrogens (tertiary/aromatic N) is 1. The van der Waals surface area contributed by atoms with E-state index in [2.05, 4.69) is 10.6 Å². The highest BCUT2D eigenvalue weighted by Gasteiger charge is 2.40. The Morgan fingerprint density at radius 2 is 1.60 bits per heavy atom. The minimum atomic E-state index is -0.453. The number of para-hydroxylation sites is 1. The standard InChI is InChI=1S/C23H23N3O4/c1-24-21(28)17-9-5-6-10-19(17)25-20(27)14-11-12-16-18(13-14)23(30)26(22(16)29)15-7-3-2-4-8-15/h5-6,9-13,15H,2-4,7-8H2,1H3,(H,24,28)(H,25,27). The van der Waals surface area contributed by atoms with Crippen molar-refractivity contribution in [3.05, 3.63) is 64.7 Å². The Morgan fingerprint density at radius 1 is 0.900 bits per heavy atom. The van der Waals surface area contributed by atoms with Gasteiger partial charge in [0.15, 0.2) is 0 Å². The van der Waals surface area contributed by atoms with Crippen LogP contribution < -0.4 is 10.6 Å². The molecule has 0 bridgehead atoms. The Balaban J connectivity index is 1.58. The zero-order valence-corrected chi connectivity index (χ0v) is 16.7. The molecule has 1 aliphatic heterocycles. The Morgan fingerprint density at radius 3 is 2.33 bits per heavy atom. The third kappa shape index (κ3) is 3.47. The normalized spacial score (nSPS) is 16.4. The maximum atomic E-state index is 12.9. The molecule has 1 fully saturated rings. The summed E-state index contributed by atoms with van der Waals surface area (Å²) in [6.45, 7) is 0. The second-order valence-corrected chi connectivity index (χ2v) is 7.61. The Kier molecular flexibility index (Phi) is 5.35. The van der Waals surface area contributed by atoms with E-state index in [1.807, 2.05) is 0 Å². The van der Waals surface area contributed by atoms with Crippen LogP contribution in [0.15, 0.2) is 42.5 Å². The van der Waals surface area contributed by atoms with Gasteiger partial charge in [0.1, 0.15) is 0 Å². The summed E-state index contributed by atoms with van der Waals surface area (Å²) in [5, 5.41) is 5.26. The lowest BCUT2D eigenvalue weighted by molar-refractivity contribution is 0.0548. The van der Waals surface area contributed by atoms with Gasteiger partial charge in [-0.15, -0.1) is 0 Å². The number of hydrogen-bond acceptors (Lipinski definition) is 4. The maximum Gasteiger partial charge on any atom is 0.261 e. The fourth-order valence-electron chi connectivity index (χ4n) is 4.19. The summed E-state index contributed by atoms with van der Waals surface area (Å²) >= 11 is 0. The molecule has 0 saturated heterocycles. The van der Waals surface area contributed by atoms with Crippen molar-refractivity contribution in [3.63, 3.8) is 0 Å². The van der Waals surface area contributed by atoms with Crippen molar-refractivity contribution < 1.29 is 19.2 Å². The highest BCUT2D eigenvalue weighted by Crippen LogP contribution is 2.31. The molecule has 30 heavy (non-hydrogen) atoms. The number of fused-ring (bicyclic) bond motifs is 1. The van der Waals surface area contributed by atoms with Crippen LogP contribution in [0, 0.1) is 0 Å². The van der Waals surface area contributed by atoms with E-state index in [0.717, 1.165) is 32.1 Å². The molecule has 0 unspecified atom stereocenters. The molecule has 0 spiro atoms. The molecule has 1 aliphatic carbocycles. The Bertz CT molecular complexity index is 1040. The summed E-state index contributed by atoms with van der Waals surface area (Å²) in [4.78, 5) is 51.9. The summed E-state index contributed by atoms with van der Waals surface area (Å²) in [6, 6.07) is 11.1. The fourth-order valence-corrected chi connectivity index (χ4v) is 4.19. The number of imide groups is 1. The lowest BCUT2D eigenvalue weighted by Crippen LogP contribution is -2.40. The SMILES string of the molecule is CNC(=O)c1ccccc1NC(=O)c1ccc2c(c1)C(=O)N(C1CCCCC1)C2=O. The summed E-state index contributed by atoms with van der Waals surface area (Å²) < 4.78 is 0. The van der Waals surface area contributed by atoms with E-state index >= 15 is 0 Å². The van der Waals surface area contributed by atoms with Crippen LogP contribution in [-0.4, -0.2) is 41.6 Å². The zero-order chi connectivity index (χ0) is 21.3. The van der Waals surface area contributed by atoms with Crippen LogP contribution >= 0.6 is 0 Å². The molecule has 4 amide bonds. The molecule has 2 N–H and O–H groups in total. The zero-order valence-electron chi connectivity index (χ0n) is 16.7. The minimum absolute atomic E-state index is 0.0668. The molecule has 154 valence electrons. The first-order valence-corrected chi connectivity index (χ1v) is 10.2. The molecule has 4 rings (SSSR count). The largest absolute Gasteiger partial charge is 0.355 e. The van der Waals surface area contributed by atoms with E-state index in [4.69, 9.17) is 0 Å². The van der Waals surface area contributed by atoms with Crippen LogP contribution in [-0.2, 0) is 0 Å². The first-order chi connectivity index (χ1) is 14.5. The summed E-state index contributed by atoms with van der Waals surface area (Å²) in [5.41, 5.74) is 1.57. The average Bonchev–Trinajstić information content (AvgIpc) is 3.03. The summed E-state index contributed by atoms with van der Waals surface area (Å²) in [6.07, 6.45) is 4.80. The smallest absolute Gasteiger partial charge is 0.261 e. The van der Waals surface area contributed by atoms with Crippen LogP contribution in [0.5, 0.6) is 0 Å². The highest BCUT2D eigenvalue weighted by atomic mass is 16.2. The van der Waals surface area contributed by atoms with Crippen molar-refractivity contribution >= 4 is 29.3 Å². The van der Waals surface area contributed by atoms with Crippen LogP contribution in [0.2, 0.25) is 0 Å². The van der Waals surface area contributed by atoms with Crippen molar-refractivity contribution in [2.75, 3.05) is 12.4 Å². The lowest BCUT2D eigenvalue weighted by Gasteiger charge is -2.29. The average molecular weight is 405 g/mol. The van der Waals surface area contributed by atoms with E-state index in [0.29, 0.717) is 16.8 Å². The molecule has 0 aromatic heterocycles. The molecule has 2 aromatic carbocycles. The van der Waals surface area contributed by atoms with Crippen molar-refractivity contribution in [2.24, 2.45) is 0 Å². The minimum Gasteiger partial charge on any atom is -0.355 e. The van der Waals surface area contributed by atoms with Gasteiger partial charge in [0.25, 0.3) is 23.6 Å². The van der Waals surface area contributed by atoms with Gasteiger partial charge in [-0.25, -0.2) is 0 Å². The lowest BCUT2D eigenvalue weighted by atomic mass is 9.94. The Hall–Kier alpha value is -3.48. The fraction of sp³-hybridized carbons (Fsp3) is 0.304. The quantitative estimate of drug-likeness (QED) is 0.764. The number of carbonyl (C=O) groups excluding carboxylic acids is 4. The van der Waals surface area contributed by atoms with Crippen molar-refractivity contribution in [1.29, 1.82) is 0 Å². The van der Waals surface area contributed by atoms with Gasteiger partial charge in [-0.2, -0.15) is 0 Å². The highest BCUT2D eigenvalue weighted by molar-refractivity contribution is 6.22. The van der Waals surface area contributed by atoms with Crippen LogP contribution in [0.3, 0.4) is 0 Å². The third-order valence-electron chi connectivity index (χ3n) is 5.77. The van der Waals surface area contributed by atoms with Crippen molar-refractivity contribution in [3.8, 4) is 0 Å². The molecule has 2 aromatic rings. The van der Waals surface area contributed by atoms with Gasteiger partial charge in [-0.05, 0) is 43.2 Å². The molecule has 1 heterocycles. The van der Waals surface area contributed by atoms with Gasteiger partial charge in [-0.3, -0.25) is 24.1 Å². The summed E-state index contributed by atoms with van der Waals surface area (Å²) in [7, 11) is 1.52. The topological polar surface area (TPSA) is 95.6 Å². The second kappa shape index (κ2) is 8.10. The van der Waals surface area contributed by atoms with Crippen LogP contribution in [0.25, 0.3) is 0 Å². The first kappa shape index (κ1) is 19.8. The molecule has 1 saturated carbocycles. The predicted octanol–water partition coefficient (Wildman–Crippen LogP) is 3.23. The predicted molar refractivity (Wildman–Crippen MR) is 112 cm³/mol. The molecule has 7 heteroatoms. The molecule has 7 nitrogen and oxygen atoms in total. The van der Waals surface area contributed by atoms with Gasteiger partial charge in [0, 0.05) is 18.7 Å². The second-order valence-electron chi connectivity index (χ2n) is 7.61. The number of hydrogen-bond donors (Lipinski definition) is 2. The maximum absolute atomic E-state index is 12.9. The number of anilines is 1. The van der Waals surface area contributed by atoms with Gasteiger partial charge < -0.3 is 10.6 Å². The van der Waals surface area contributed by atoms with E-state index in [-0.39, 0.29) is 34.9 Å². The molecular formula is C23H23N3O4. The van der Waals surface area contributed by atoms with E-state index in [9.17, 15) is 19.2 Å². The van der Waals surface area contributed by atoms with E-state index in [1.165, 1.54) is 30.1 Å². The monoisotopic (exact) mass is 405 g/mol. The Labute approximate surface area is 174 Å². The number of rotatable bonds is 4. The van der Waals surface area contributed by atoms with Crippen molar-refractivity contribution in [2.45, 2.75) is 38.1 Å². The number of amides is 4. The number of nitrogens with one attached hydrogen (secondary N) is 2. The molecule has 0 atom stereocenters. The van der Waals surface area contributed by atoms with Crippen LogP contribution in [0.1, 0.15) is 73.5 Å². The van der Waals surface area contributed by atoms with Gasteiger partial charge in [-0.1, -0.05) is 31.4 Å². The first-order valence-electron chi connectivity index (χ1n) is 10.2. The summed E-state index contributed by atoms with van der Waals surface area (Å²) in [5.74, 6) is -1.38. The molecular weight excluding hydrogens is 382 g/mol.